The van der Waals surface area contributed by atoms with Crippen molar-refractivity contribution in [3.05, 3.63) is 24.3 Å². The zero-order valence-electron chi connectivity index (χ0n) is 15.2. The summed E-state index contributed by atoms with van der Waals surface area (Å²) in [6.45, 7) is 3.81. The minimum Gasteiger partial charge on any atom is -0.369 e. The first-order chi connectivity index (χ1) is 12.2. The highest BCUT2D eigenvalue weighted by atomic mass is 32.2. The van der Waals surface area contributed by atoms with Gasteiger partial charge in [0.2, 0.25) is 11.8 Å². The molecular formula is C17H26N4O4S. The molecule has 1 heterocycles. The molecule has 0 unspecified atom stereocenters. The van der Waals surface area contributed by atoms with E-state index in [4.69, 9.17) is 0 Å². The van der Waals surface area contributed by atoms with Crippen LogP contribution in [-0.2, 0) is 19.4 Å². The Bertz CT molecular complexity index is 726. The van der Waals surface area contributed by atoms with Crippen LogP contribution in [0.2, 0.25) is 0 Å². The number of likely N-dealkylation sites (N-methyl/N-ethyl adjacent to an activating group) is 1. The molecular weight excluding hydrogens is 356 g/mol. The molecule has 0 spiro atoms. The Labute approximate surface area is 154 Å². The number of benzene rings is 1. The van der Waals surface area contributed by atoms with Crippen molar-refractivity contribution in [2.75, 3.05) is 62.0 Å². The van der Waals surface area contributed by atoms with Crippen molar-refractivity contribution in [1.82, 2.24) is 10.2 Å². The van der Waals surface area contributed by atoms with Crippen LogP contribution in [0.1, 0.15) is 6.42 Å². The monoisotopic (exact) mass is 382 g/mol. The fourth-order valence-corrected chi connectivity index (χ4v) is 3.13. The van der Waals surface area contributed by atoms with Gasteiger partial charge in [0.1, 0.15) is 9.84 Å². The molecule has 0 saturated carbocycles. The molecule has 1 saturated heterocycles. The quantitative estimate of drug-likeness (QED) is 0.685. The molecule has 8 nitrogen and oxygen atoms in total. The lowest BCUT2D eigenvalue weighted by molar-refractivity contribution is -0.123. The second kappa shape index (κ2) is 9.00. The summed E-state index contributed by atoms with van der Waals surface area (Å²) in [6, 6.07) is 7.59. The summed E-state index contributed by atoms with van der Waals surface area (Å²) < 4.78 is 22.0. The summed E-state index contributed by atoms with van der Waals surface area (Å²) in [7, 11) is -1.08. The van der Waals surface area contributed by atoms with Gasteiger partial charge < -0.3 is 20.4 Å². The second-order valence-electron chi connectivity index (χ2n) is 6.54. The first kappa shape index (κ1) is 20.2. The molecule has 0 atom stereocenters. The average molecular weight is 382 g/mol. The van der Waals surface area contributed by atoms with Gasteiger partial charge in [-0.2, -0.15) is 0 Å². The van der Waals surface area contributed by atoms with Crippen LogP contribution in [-0.4, -0.2) is 76.9 Å². The van der Waals surface area contributed by atoms with E-state index in [1.54, 1.807) is 0 Å². The maximum Gasteiger partial charge on any atom is 0.243 e. The van der Waals surface area contributed by atoms with Crippen molar-refractivity contribution < 1.29 is 18.0 Å². The Morgan fingerprint density at radius 3 is 2.23 bits per heavy atom. The molecule has 2 amide bonds. The smallest absolute Gasteiger partial charge is 0.243 e. The van der Waals surface area contributed by atoms with Gasteiger partial charge in [0.05, 0.1) is 12.3 Å². The number of hydrogen-bond donors (Lipinski definition) is 2. The van der Waals surface area contributed by atoms with E-state index in [9.17, 15) is 18.0 Å². The molecule has 2 rings (SSSR count). The van der Waals surface area contributed by atoms with Crippen LogP contribution >= 0.6 is 0 Å². The Morgan fingerprint density at radius 2 is 1.65 bits per heavy atom. The van der Waals surface area contributed by atoms with E-state index in [-0.39, 0.29) is 24.6 Å². The first-order valence-electron chi connectivity index (χ1n) is 8.51. The molecule has 1 aromatic carbocycles. The number of sulfone groups is 1. The number of piperazine rings is 1. The summed E-state index contributed by atoms with van der Waals surface area (Å²) in [6.07, 6.45) is 0.921. The maximum absolute atomic E-state index is 11.9. The minimum atomic E-state index is -3.19. The molecule has 2 N–H and O–H groups in total. The minimum absolute atomic E-state index is 0.147. The van der Waals surface area contributed by atoms with E-state index in [0.717, 1.165) is 38.1 Å². The third-order valence-electron chi connectivity index (χ3n) is 4.17. The first-order valence-corrected chi connectivity index (χ1v) is 10.6. The molecule has 1 fully saturated rings. The molecule has 9 heteroatoms. The predicted octanol–water partition coefficient (Wildman–Crippen LogP) is -0.0722. The van der Waals surface area contributed by atoms with Crippen molar-refractivity contribution in [3.8, 4) is 0 Å². The third kappa shape index (κ3) is 7.01. The predicted molar refractivity (Wildman–Crippen MR) is 102 cm³/mol. The zero-order chi connectivity index (χ0) is 19.2. The molecule has 1 aliphatic rings. The molecule has 0 aliphatic carbocycles. The van der Waals surface area contributed by atoms with E-state index < -0.39 is 15.7 Å². The molecule has 1 aromatic rings. The average Bonchev–Trinajstić information content (AvgIpc) is 2.59. The van der Waals surface area contributed by atoms with Gasteiger partial charge in [-0.25, -0.2) is 8.42 Å². The van der Waals surface area contributed by atoms with Gasteiger partial charge in [0.25, 0.3) is 0 Å². The van der Waals surface area contributed by atoms with Crippen LogP contribution < -0.4 is 15.5 Å². The third-order valence-corrected chi connectivity index (χ3v) is 5.11. The lowest BCUT2D eigenvalue weighted by atomic mass is 10.2. The summed E-state index contributed by atoms with van der Waals surface area (Å²) in [4.78, 5) is 28.0. The fraction of sp³-hybridized carbons (Fsp3) is 0.529. The van der Waals surface area contributed by atoms with Crippen molar-refractivity contribution >= 4 is 33.0 Å². The Kier molecular flexibility index (Phi) is 6.98. The lowest BCUT2D eigenvalue weighted by Gasteiger charge is -2.34. The largest absolute Gasteiger partial charge is 0.369 e. The van der Waals surface area contributed by atoms with E-state index >= 15 is 0 Å². The van der Waals surface area contributed by atoms with E-state index in [2.05, 4.69) is 27.5 Å². The van der Waals surface area contributed by atoms with Gasteiger partial charge in [-0.05, 0) is 31.3 Å². The number of nitrogens with one attached hydrogen (secondary N) is 2. The number of hydrogen-bond acceptors (Lipinski definition) is 6. The Morgan fingerprint density at radius 1 is 1.04 bits per heavy atom. The number of carbonyl (C=O) groups is 2. The van der Waals surface area contributed by atoms with Gasteiger partial charge in [-0.15, -0.1) is 0 Å². The Balaban J connectivity index is 1.76. The molecule has 0 bridgehead atoms. The Hall–Kier alpha value is -2.13. The van der Waals surface area contributed by atoms with Crippen molar-refractivity contribution in [3.63, 3.8) is 0 Å². The summed E-state index contributed by atoms with van der Waals surface area (Å²) in [5, 5.41) is 5.12. The highest BCUT2D eigenvalue weighted by Crippen LogP contribution is 2.19. The van der Waals surface area contributed by atoms with Crippen LogP contribution in [0.25, 0.3) is 0 Å². The van der Waals surface area contributed by atoms with Gasteiger partial charge in [-0.1, -0.05) is 0 Å². The number of amides is 2. The van der Waals surface area contributed by atoms with Crippen LogP contribution in [0, 0.1) is 0 Å². The van der Waals surface area contributed by atoms with Crippen molar-refractivity contribution in [2.45, 2.75) is 6.42 Å². The number of rotatable bonds is 7. The molecule has 144 valence electrons. The van der Waals surface area contributed by atoms with Gasteiger partial charge in [0.15, 0.2) is 0 Å². The molecule has 0 aromatic heterocycles. The topological polar surface area (TPSA) is 98.8 Å². The zero-order valence-corrected chi connectivity index (χ0v) is 16.0. The second-order valence-corrected chi connectivity index (χ2v) is 8.80. The number of anilines is 2. The van der Waals surface area contributed by atoms with E-state index in [0.29, 0.717) is 5.69 Å². The summed E-state index contributed by atoms with van der Waals surface area (Å²) in [5.74, 6) is -1.05. The lowest BCUT2D eigenvalue weighted by Crippen LogP contribution is -2.44. The highest BCUT2D eigenvalue weighted by Gasteiger charge is 2.14. The fourth-order valence-electron chi connectivity index (χ4n) is 2.57. The SMILES string of the molecule is CN1CCN(c2ccc(NC(=O)CNC(=O)CCS(C)(=O)=O)cc2)CC1. The van der Waals surface area contributed by atoms with Crippen molar-refractivity contribution in [2.24, 2.45) is 0 Å². The summed E-state index contributed by atoms with van der Waals surface area (Å²) >= 11 is 0. The van der Waals surface area contributed by atoms with Crippen LogP contribution in [0.5, 0.6) is 0 Å². The van der Waals surface area contributed by atoms with E-state index in [1.165, 1.54) is 0 Å². The van der Waals surface area contributed by atoms with E-state index in [1.807, 2.05) is 24.3 Å². The maximum atomic E-state index is 11.9. The van der Waals surface area contributed by atoms with Crippen LogP contribution in [0.4, 0.5) is 11.4 Å². The summed E-state index contributed by atoms with van der Waals surface area (Å²) in [5.41, 5.74) is 1.77. The highest BCUT2D eigenvalue weighted by molar-refractivity contribution is 7.90. The van der Waals surface area contributed by atoms with Crippen LogP contribution in [0.15, 0.2) is 24.3 Å². The number of nitrogens with zero attached hydrogens (tertiary/aromatic N) is 2. The molecule has 0 radical (unpaired) electrons. The van der Waals surface area contributed by atoms with Gasteiger partial charge in [-0.3, -0.25) is 9.59 Å². The molecule has 26 heavy (non-hydrogen) atoms. The van der Waals surface area contributed by atoms with Gasteiger partial charge >= 0.3 is 0 Å². The molecule has 1 aliphatic heterocycles. The normalized spacial score (nSPS) is 15.5. The van der Waals surface area contributed by atoms with Crippen molar-refractivity contribution in [1.29, 1.82) is 0 Å². The van der Waals surface area contributed by atoms with Crippen LogP contribution in [0.3, 0.4) is 0 Å². The van der Waals surface area contributed by atoms with Gasteiger partial charge in [0, 0.05) is 50.2 Å². The standard InChI is InChI=1S/C17H26N4O4S/c1-20-8-10-21(11-9-20)15-5-3-14(4-6-15)19-17(23)13-18-16(22)7-12-26(2,24)25/h3-6H,7-13H2,1-2H3,(H,18,22)(H,19,23). The number of carbonyl (C=O) groups excluding carboxylic acids is 2.